The van der Waals surface area contributed by atoms with Crippen LogP contribution in [0.4, 0.5) is 22.0 Å². The van der Waals surface area contributed by atoms with E-state index in [0.717, 1.165) is 19.3 Å². The van der Waals surface area contributed by atoms with Crippen molar-refractivity contribution in [2.45, 2.75) is 69.8 Å². The molecular formula is C18H23F5O5. The second-order valence-corrected chi connectivity index (χ2v) is 8.68. The van der Waals surface area contributed by atoms with E-state index in [2.05, 4.69) is 9.47 Å². The molecule has 10 heteroatoms. The van der Waals surface area contributed by atoms with E-state index >= 15 is 0 Å². The van der Waals surface area contributed by atoms with E-state index in [1.807, 2.05) is 0 Å². The smallest absolute Gasteiger partial charge is 0.468 e. The molecule has 5 nitrogen and oxygen atoms in total. The molecule has 1 unspecified atom stereocenters. The predicted molar refractivity (Wildman–Crippen MR) is 84.3 cm³/mol. The van der Waals surface area contributed by atoms with Gasteiger partial charge in [0.15, 0.2) is 0 Å². The van der Waals surface area contributed by atoms with E-state index in [1.165, 1.54) is 0 Å². The number of carbonyl (C=O) groups excluding carboxylic acids is 1. The molecular weight excluding hydrogens is 391 g/mol. The van der Waals surface area contributed by atoms with Gasteiger partial charge in [0.05, 0.1) is 12.0 Å². The third-order valence-electron chi connectivity index (χ3n) is 6.21. The second-order valence-electron chi connectivity index (χ2n) is 8.68. The third kappa shape index (κ3) is 3.84. The fraction of sp³-hybridized carbons (Fsp3) is 0.889. The second kappa shape index (κ2) is 6.81. The summed E-state index contributed by atoms with van der Waals surface area (Å²) in [6.07, 6.45) is -2.95. The van der Waals surface area contributed by atoms with Crippen molar-refractivity contribution in [1.82, 2.24) is 0 Å². The highest BCUT2D eigenvalue weighted by Gasteiger charge is 2.69. The summed E-state index contributed by atoms with van der Waals surface area (Å²) in [7, 11) is 0. The lowest BCUT2D eigenvalue weighted by Crippen LogP contribution is -2.60. The molecule has 0 radical (unpaired) electrons. The standard InChI is InChI=1S/C18H23F5O5/c1-15(19,20)2-3-27-17(13(24)25,18(21,22)23)28-14(26)16-7-10-4-11(8-16)6-12(5-10)9-16/h10-12H,2-9H2,1H3,(H,24,25). The van der Waals surface area contributed by atoms with Gasteiger partial charge in [0.2, 0.25) is 5.92 Å². The van der Waals surface area contributed by atoms with Crippen molar-refractivity contribution in [2.24, 2.45) is 23.2 Å². The minimum atomic E-state index is -5.63. The molecule has 4 fully saturated rings. The van der Waals surface area contributed by atoms with Crippen molar-refractivity contribution in [1.29, 1.82) is 0 Å². The Morgan fingerprint density at radius 2 is 1.46 bits per heavy atom. The summed E-state index contributed by atoms with van der Waals surface area (Å²) < 4.78 is 75.6. The van der Waals surface area contributed by atoms with Gasteiger partial charge in [-0.25, -0.2) is 13.6 Å². The van der Waals surface area contributed by atoms with Gasteiger partial charge >= 0.3 is 23.9 Å². The van der Waals surface area contributed by atoms with Crippen molar-refractivity contribution in [2.75, 3.05) is 6.61 Å². The molecule has 0 spiro atoms. The van der Waals surface area contributed by atoms with Gasteiger partial charge in [0.25, 0.3) is 0 Å². The highest BCUT2D eigenvalue weighted by Crippen LogP contribution is 2.61. The lowest BCUT2D eigenvalue weighted by molar-refractivity contribution is -0.359. The zero-order valence-corrected chi connectivity index (χ0v) is 15.4. The molecule has 4 bridgehead atoms. The normalized spacial score (nSPS) is 34.1. The Morgan fingerprint density at radius 3 is 1.82 bits per heavy atom. The third-order valence-corrected chi connectivity index (χ3v) is 6.21. The van der Waals surface area contributed by atoms with E-state index in [0.29, 0.717) is 26.2 Å². The zero-order chi connectivity index (χ0) is 21.0. The number of ether oxygens (including phenoxy) is 2. The highest BCUT2D eigenvalue weighted by molar-refractivity contribution is 5.84. The molecule has 0 saturated heterocycles. The molecule has 1 N–H and O–H groups in total. The fourth-order valence-corrected chi connectivity index (χ4v) is 5.37. The van der Waals surface area contributed by atoms with E-state index < -0.39 is 48.3 Å². The average Bonchev–Trinajstić information content (AvgIpc) is 2.49. The van der Waals surface area contributed by atoms with Crippen LogP contribution in [0.25, 0.3) is 0 Å². The first kappa shape index (κ1) is 21.3. The Labute approximate surface area is 158 Å². The summed E-state index contributed by atoms with van der Waals surface area (Å²) in [6, 6.07) is 0. The molecule has 0 aliphatic heterocycles. The quantitative estimate of drug-likeness (QED) is 0.385. The Bertz CT molecular complexity index is 606. The number of aliphatic carboxylic acids is 1. The van der Waals surface area contributed by atoms with Crippen LogP contribution in [0.5, 0.6) is 0 Å². The van der Waals surface area contributed by atoms with Gasteiger partial charge in [-0.1, -0.05) is 0 Å². The molecule has 1 atom stereocenters. The number of hydrogen-bond donors (Lipinski definition) is 1. The van der Waals surface area contributed by atoms with Crippen molar-refractivity contribution < 1.29 is 46.1 Å². The first-order valence-corrected chi connectivity index (χ1v) is 9.32. The summed E-state index contributed by atoms with van der Waals surface area (Å²) in [5.41, 5.74) is -1.15. The van der Waals surface area contributed by atoms with Crippen LogP contribution < -0.4 is 0 Å². The van der Waals surface area contributed by atoms with Crippen LogP contribution in [0, 0.1) is 23.2 Å². The predicted octanol–water partition coefficient (Wildman–Crippen LogP) is 4.15. The van der Waals surface area contributed by atoms with Gasteiger partial charge in [-0.2, -0.15) is 13.2 Å². The number of carboxylic acid groups (broad SMARTS) is 1. The maximum absolute atomic E-state index is 13.6. The van der Waals surface area contributed by atoms with Crippen molar-refractivity contribution in [3.8, 4) is 0 Å². The Kier molecular flexibility index (Phi) is 5.17. The number of carboxylic acids is 1. The lowest BCUT2D eigenvalue weighted by atomic mass is 9.49. The summed E-state index contributed by atoms with van der Waals surface area (Å²) in [5, 5.41) is 9.21. The van der Waals surface area contributed by atoms with E-state index in [-0.39, 0.29) is 17.8 Å². The molecule has 0 heterocycles. The average molecular weight is 414 g/mol. The minimum Gasteiger partial charge on any atom is -0.476 e. The summed E-state index contributed by atoms with van der Waals surface area (Å²) in [6.45, 7) is -0.767. The Hall–Kier alpha value is -1.45. The van der Waals surface area contributed by atoms with Gasteiger partial charge < -0.3 is 14.6 Å². The molecule has 0 amide bonds. The van der Waals surface area contributed by atoms with E-state index in [4.69, 9.17) is 0 Å². The van der Waals surface area contributed by atoms with Gasteiger partial charge in [-0.15, -0.1) is 0 Å². The number of hydrogen-bond acceptors (Lipinski definition) is 4. The molecule has 0 aromatic carbocycles. The number of esters is 1. The molecule has 4 aliphatic rings. The molecule has 4 aliphatic carbocycles. The zero-order valence-electron chi connectivity index (χ0n) is 15.4. The molecule has 0 aromatic rings. The number of halogens is 5. The SMILES string of the molecule is CC(F)(F)CCOC(OC(=O)C12CC3CC(CC(C3)C1)C2)(C(=O)O)C(F)(F)F. The minimum absolute atomic E-state index is 0.212. The maximum atomic E-state index is 13.6. The van der Waals surface area contributed by atoms with Crippen LogP contribution >= 0.6 is 0 Å². The molecule has 0 aromatic heterocycles. The van der Waals surface area contributed by atoms with Crippen LogP contribution in [0.1, 0.15) is 51.9 Å². The summed E-state index contributed by atoms with van der Waals surface area (Å²) in [4.78, 5) is 24.3. The summed E-state index contributed by atoms with van der Waals surface area (Å²) >= 11 is 0. The van der Waals surface area contributed by atoms with Gasteiger partial charge in [0.1, 0.15) is 0 Å². The van der Waals surface area contributed by atoms with Crippen molar-refractivity contribution in [3.63, 3.8) is 0 Å². The topological polar surface area (TPSA) is 72.8 Å². The first-order chi connectivity index (χ1) is 12.8. The van der Waals surface area contributed by atoms with Crippen LogP contribution in [0.15, 0.2) is 0 Å². The summed E-state index contributed by atoms with van der Waals surface area (Å²) in [5.74, 6) is -10.9. The molecule has 28 heavy (non-hydrogen) atoms. The monoisotopic (exact) mass is 414 g/mol. The van der Waals surface area contributed by atoms with E-state index in [9.17, 15) is 36.6 Å². The van der Waals surface area contributed by atoms with Crippen molar-refractivity contribution in [3.05, 3.63) is 0 Å². The molecule has 4 rings (SSSR count). The first-order valence-electron chi connectivity index (χ1n) is 9.32. The number of rotatable bonds is 7. The highest BCUT2D eigenvalue weighted by atomic mass is 19.4. The largest absolute Gasteiger partial charge is 0.476 e. The van der Waals surface area contributed by atoms with E-state index in [1.54, 1.807) is 0 Å². The Balaban J connectivity index is 1.82. The Morgan fingerprint density at radius 1 is 1.00 bits per heavy atom. The van der Waals surface area contributed by atoms with Crippen LogP contribution in [-0.4, -0.2) is 41.5 Å². The van der Waals surface area contributed by atoms with Crippen LogP contribution in [0.2, 0.25) is 0 Å². The van der Waals surface area contributed by atoms with Gasteiger partial charge in [-0.05, 0) is 63.2 Å². The van der Waals surface area contributed by atoms with Crippen molar-refractivity contribution >= 4 is 11.9 Å². The van der Waals surface area contributed by atoms with Crippen LogP contribution in [-0.2, 0) is 19.1 Å². The molecule has 4 saturated carbocycles. The molecule has 160 valence electrons. The number of alkyl halides is 5. The van der Waals surface area contributed by atoms with Gasteiger partial charge in [-0.3, -0.25) is 4.79 Å². The fourth-order valence-electron chi connectivity index (χ4n) is 5.37. The maximum Gasteiger partial charge on any atom is 0.468 e. The van der Waals surface area contributed by atoms with Gasteiger partial charge in [0, 0.05) is 6.42 Å². The van der Waals surface area contributed by atoms with Crippen LogP contribution in [0.3, 0.4) is 0 Å². The lowest BCUT2D eigenvalue weighted by Gasteiger charge is -2.55. The number of carbonyl (C=O) groups is 2.